The number of hydrogen-bond donors (Lipinski definition) is 1. The third-order valence-electron chi connectivity index (χ3n) is 7.86. The minimum Gasteiger partial charge on any atom is -0.411 e. The summed E-state index contributed by atoms with van der Waals surface area (Å²) < 4.78 is 12.4. The normalized spacial score (nSPS) is 43.5. The first-order chi connectivity index (χ1) is 11.4. The van der Waals surface area contributed by atoms with E-state index in [1.165, 1.54) is 12.0 Å². The Labute approximate surface area is 145 Å². The van der Waals surface area contributed by atoms with Gasteiger partial charge in [0.25, 0.3) is 0 Å². The van der Waals surface area contributed by atoms with E-state index in [0.29, 0.717) is 5.92 Å². The first-order valence-electron chi connectivity index (χ1n) is 9.58. The van der Waals surface area contributed by atoms with E-state index in [1.807, 2.05) is 6.21 Å². The number of fused-ring (bicyclic) bond motifs is 3. The second-order valence-corrected chi connectivity index (χ2v) is 9.09. The minimum atomic E-state index is -0.405. The van der Waals surface area contributed by atoms with Crippen LogP contribution < -0.4 is 0 Å². The molecule has 3 atom stereocenters. The molecule has 4 heteroatoms. The third kappa shape index (κ3) is 1.96. The number of nitrogens with zero attached hydrogens (tertiary/aromatic N) is 1. The topological polar surface area (TPSA) is 51.1 Å². The van der Waals surface area contributed by atoms with Crippen molar-refractivity contribution in [3.05, 3.63) is 11.6 Å². The van der Waals surface area contributed by atoms with E-state index >= 15 is 0 Å². The Morgan fingerprint density at radius 3 is 2.58 bits per heavy atom. The Kier molecular flexibility index (Phi) is 3.67. The Balaban J connectivity index is 1.77. The second kappa shape index (κ2) is 5.31. The molecule has 4 nitrogen and oxygen atoms in total. The number of oxime groups is 1. The summed E-state index contributed by atoms with van der Waals surface area (Å²) in [5.74, 6) is 0.124. The van der Waals surface area contributed by atoms with Gasteiger partial charge in [-0.2, -0.15) is 0 Å². The van der Waals surface area contributed by atoms with Gasteiger partial charge >= 0.3 is 0 Å². The van der Waals surface area contributed by atoms with Gasteiger partial charge < -0.3 is 14.7 Å². The highest BCUT2D eigenvalue weighted by Gasteiger charge is 2.65. The highest BCUT2D eigenvalue weighted by molar-refractivity contribution is 5.72. The Hall–Kier alpha value is -0.870. The molecule has 24 heavy (non-hydrogen) atoms. The number of rotatable bonds is 1. The van der Waals surface area contributed by atoms with Crippen molar-refractivity contribution >= 4 is 6.21 Å². The van der Waals surface area contributed by atoms with Gasteiger partial charge in [-0.3, -0.25) is 0 Å². The Morgan fingerprint density at radius 2 is 1.88 bits per heavy atom. The van der Waals surface area contributed by atoms with Crippen molar-refractivity contribution in [2.24, 2.45) is 27.3 Å². The van der Waals surface area contributed by atoms with Gasteiger partial charge in [0.05, 0.1) is 19.4 Å². The van der Waals surface area contributed by atoms with Crippen LogP contribution in [0.15, 0.2) is 16.8 Å². The number of hydrogen-bond acceptors (Lipinski definition) is 4. The molecule has 1 heterocycles. The van der Waals surface area contributed by atoms with Gasteiger partial charge in [-0.05, 0) is 49.9 Å². The SMILES string of the molecule is CC1(C)[C@@H]2CC[C@@]3(/C=N/O)CCCC=C3[C@@]2(C)CCC12OCCO2. The molecule has 0 aromatic carbocycles. The molecule has 0 radical (unpaired) electrons. The molecule has 4 aliphatic rings. The van der Waals surface area contributed by atoms with Gasteiger partial charge in [-0.1, -0.05) is 32.4 Å². The second-order valence-electron chi connectivity index (χ2n) is 9.09. The average molecular weight is 333 g/mol. The van der Waals surface area contributed by atoms with Crippen LogP contribution in [0, 0.1) is 22.2 Å². The quantitative estimate of drug-likeness (QED) is 0.332. The molecule has 0 aromatic heterocycles. The molecule has 4 rings (SSSR count). The highest BCUT2D eigenvalue weighted by atomic mass is 16.7. The zero-order valence-corrected chi connectivity index (χ0v) is 15.3. The van der Waals surface area contributed by atoms with Gasteiger partial charge in [-0.15, -0.1) is 5.16 Å². The zero-order chi connectivity index (χ0) is 17.1. The van der Waals surface area contributed by atoms with Gasteiger partial charge in [0, 0.05) is 17.3 Å². The Morgan fingerprint density at radius 1 is 1.12 bits per heavy atom. The summed E-state index contributed by atoms with van der Waals surface area (Å²) in [6.07, 6.45) is 12.0. The summed E-state index contributed by atoms with van der Waals surface area (Å²) >= 11 is 0. The summed E-state index contributed by atoms with van der Waals surface area (Å²) in [6.45, 7) is 8.57. The van der Waals surface area contributed by atoms with Crippen molar-refractivity contribution in [2.45, 2.75) is 71.5 Å². The lowest BCUT2D eigenvalue weighted by molar-refractivity contribution is -0.284. The number of ether oxygens (including phenoxy) is 2. The molecule has 134 valence electrons. The van der Waals surface area contributed by atoms with Crippen LogP contribution in [0.2, 0.25) is 0 Å². The first-order valence-corrected chi connectivity index (χ1v) is 9.58. The van der Waals surface area contributed by atoms with E-state index in [2.05, 4.69) is 32.0 Å². The fourth-order valence-corrected chi connectivity index (χ4v) is 6.73. The van der Waals surface area contributed by atoms with E-state index in [1.54, 1.807) is 0 Å². The van der Waals surface area contributed by atoms with Gasteiger partial charge in [0.1, 0.15) is 0 Å². The van der Waals surface area contributed by atoms with Crippen LogP contribution in [0.4, 0.5) is 0 Å². The molecular formula is C20H31NO3. The molecule has 1 saturated heterocycles. The van der Waals surface area contributed by atoms with Crippen LogP contribution in [-0.4, -0.2) is 30.4 Å². The van der Waals surface area contributed by atoms with Crippen LogP contribution in [0.25, 0.3) is 0 Å². The van der Waals surface area contributed by atoms with E-state index in [4.69, 9.17) is 9.47 Å². The maximum Gasteiger partial charge on any atom is 0.173 e. The van der Waals surface area contributed by atoms with E-state index in [9.17, 15) is 5.21 Å². The minimum absolute atomic E-state index is 0.0166. The van der Waals surface area contributed by atoms with E-state index < -0.39 is 5.79 Å². The van der Waals surface area contributed by atoms with Crippen molar-refractivity contribution < 1.29 is 14.7 Å². The molecule has 1 spiro atoms. The molecule has 0 bridgehead atoms. The van der Waals surface area contributed by atoms with E-state index in [-0.39, 0.29) is 16.2 Å². The van der Waals surface area contributed by atoms with Gasteiger partial charge in [0.15, 0.2) is 5.79 Å². The highest BCUT2D eigenvalue weighted by Crippen LogP contribution is 2.68. The largest absolute Gasteiger partial charge is 0.411 e. The molecule has 3 aliphatic carbocycles. The lowest BCUT2D eigenvalue weighted by atomic mass is 9.43. The summed E-state index contributed by atoms with van der Waals surface area (Å²) in [6, 6.07) is 0. The maximum absolute atomic E-state index is 9.30. The molecule has 0 amide bonds. The molecule has 3 fully saturated rings. The monoisotopic (exact) mass is 333 g/mol. The fourth-order valence-electron chi connectivity index (χ4n) is 6.73. The van der Waals surface area contributed by atoms with Crippen molar-refractivity contribution in [2.75, 3.05) is 13.2 Å². The lowest BCUT2D eigenvalue weighted by Gasteiger charge is -2.64. The van der Waals surface area contributed by atoms with Crippen LogP contribution in [0.5, 0.6) is 0 Å². The van der Waals surface area contributed by atoms with Gasteiger partial charge in [0.2, 0.25) is 0 Å². The fraction of sp³-hybridized carbons (Fsp3) is 0.850. The lowest BCUT2D eigenvalue weighted by Crippen LogP contribution is -2.62. The standard InChI is InChI=1S/C20H31NO3/c1-17(2)15-7-9-19(14-21-22)8-5-4-6-16(19)18(15,3)10-11-20(17)23-12-13-24-20/h6,14-15,22H,4-5,7-13H2,1-3H3/b21-14+/t15-,18-,19+/m0/s1. The zero-order valence-electron chi connectivity index (χ0n) is 15.3. The average Bonchev–Trinajstić information content (AvgIpc) is 3.03. The van der Waals surface area contributed by atoms with Gasteiger partial charge in [-0.25, -0.2) is 0 Å². The molecule has 1 N–H and O–H groups in total. The summed E-state index contributed by atoms with van der Waals surface area (Å²) in [5, 5.41) is 12.8. The Bertz CT molecular complexity index is 575. The van der Waals surface area contributed by atoms with Crippen LogP contribution in [0.3, 0.4) is 0 Å². The molecule has 1 aliphatic heterocycles. The number of allylic oxidation sites excluding steroid dienone is 2. The van der Waals surface area contributed by atoms with Crippen LogP contribution >= 0.6 is 0 Å². The van der Waals surface area contributed by atoms with Crippen LogP contribution in [-0.2, 0) is 9.47 Å². The summed E-state index contributed by atoms with van der Waals surface area (Å²) in [7, 11) is 0. The predicted octanol–water partition coefficient (Wildman–Crippen LogP) is 4.52. The summed E-state index contributed by atoms with van der Waals surface area (Å²) in [5.41, 5.74) is 1.62. The van der Waals surface area contributed by atoms with E-state index in [0.717, 1.165) is 51.7 Å². The molecule has 0 unspecified atom stereocenters. The summed E-state index contributed by atoms with van der Waals surface area (Å²) in [4.78, 5) is 0. The van der Waals surface area contributed by atoms with Crippen molar-refractivity contribution in [1.29, 1.82) is 0 Å². The molecule has 0 aromatic rings. The van der Waals surface area contributed by atoms with Crippen molar-refractivity contribution in [3.8, 4) is 0 Å². The first kappa shape index (κ1) is 16.6. The third-order valence-corrected chi connectivity index (χ3v) is 7.86. The predicted molar refractivity (Wildman–Crippen MR) is 93.1 cm³/mol. The smallest absolute Gasteiger partial charge is 0.173 e. The van der Waals surface area contributed by atoms with Crippen molar-refractivity contribution in [1.82, 2.24) is 0 Å². The molecule has 2 saturated carbocycles. The molecular weight excluding hydrogens is 302 g/mol. The van der Waals surface area contributed by atoms with Crippen LogP contribution in [0.1, 0.15) is 65.7 Å². The maximum atomic E-state index is 9.30. The van der Waals surface area contributed by atoms with Crippen molar-refractivity contribution in [3.63, 3.8) is 0 Å².